The Morgan fingerprint density at radius 1 is 1.42 bits per heavy atom. The van der Waals surface area contributed by atoms with Crippen LogP contribution in [0.5, 0.6) is 0 Å². The lowest BCUT2D eigenvalue weighted by Gasteiger charge is -2.03. The molecule has 0 fully saturated rings. The molecular weight excluding hydrogens is 261 g/mol. The number of carbonyl (C=O) groups excluding carboxylic acids is 1. The molecule has 2 rings (SSSR count). The third-order valence-electron chi connectivity index (χ3n) is 2.38. The van der Waals surface area contributed by atoms with Crippen LogP contribution in [0, 0.1) is 0 Å². The van der Waals surface area contributed by atoms with Crippen LogP contribution in [0.2, 0.25) is 0 Å². The van der Waals surface area contributed by atoms with E-state index in [1.165, 1.54) is 0 Å². The second kappa shape index (κ2) is 6.90. The van der Waals surface area contributed by atoms with Crippen molar-refractivity contribution in [2.75, 3.05) is 11.9 Å². The van der Waals surface area contributed by atoms with Crippen molar-refractivity contribution in [3.05, 3.63) is 42.1 Å². The average molecular weight is 277 g/mol. The number of nitrogens with one attached hydrogen (secondary N) is 2. The lowest BCUT2D eigenvalue weighted by molar-refractivity contribution is 0.168. The second-order valence-corrected chi connectivity index (χ2v) is 4.99. The van der Waals surface area contributed by atoms with Crippen LogP contribution in [-0.2, 0) is 11.3 Å². The summed E-state index contributed by atoms with van der Waals surface area (Å²) < 4.78 is 5.19. The van der Waals surface area contributed by atoms with Gasteiger partial charge in [0.2, 0.25) is 0 Å². The van der Waals surface area contributed by atoms with E-state index in [9.17, 15) is 4.79 Å². The van der Waals surface area contributed by atoms with E-state index in [2.05, 4.69) is 15.3 Å². The molecule has 2 aromatic rings. The summed E-state index contributed by atoms with van der Waals surface area (Å²) in [5.74, 6) is 0.820. The van der Waals surface area contributed by atoms with Crippen molar-refractivity contribution in [2.45, 2.75) is 13.5 Å². The molecule has 0 spiro atoms. The first-order valence-electron chi connectivity index (χ1n) is 6.04. The highest BCUT2D eigenvalue weighted by atomic mass is 31.1. The van der Waals surface area contributed by atoms with Crippen molar-refractivity contribution in [1.29, 1.82) is 0 Å². The number of rotatable bonds is 6. The number of carbonyl (C=O) groups is 1. The molecule has 0 aliphatic heterocycles. The van der Waals surface area contributed by atoms with Gasteiger partial charge in [-0.05, 0) is 12.5 Å². The fourth-order valence-corrected chi connectivity index (χ4v) is 2.18. The summed E-state index contributed by atoms with van der Waals surface area (Å²) in [7, 11) is -0.113. The van der Waals surface area contributed by atoms with Gasteiger partial charge in [0.05, 0.1) is 14.8 Å². The number of anilines is 1. The van der Waals surface area contributed by atoms with Gasteiger partial charge in [0, 0.05) is 6.54 Å². The number of imidazole rings is 1. The normalized spacial score (nSPS) is 10.8. The van der Waals surface area contributed by atoms with Gasteiger partial charge < -0.3 is 15.0 Å². The average Bonchev–Trinajstić information content (AvgIpc) is 2.85. The number of H-pyrrole nitrogens is 1. The van der Waals surface area contributed by atoms with Gasteiger partial charge in [-0.25, -0.2) is 9.78 Å². The molecule has 5 nitrogen and oxygen atoms in total. The van der Waals surface area contributed by atoms with Crippen LogP contribution in [0.15, 0.2) is 36.5 Å². The molecule has 0 aliphatic carbocycles. The minimum atomic E-state index is -0.263. The summed E-state index contributed by atoms with van der Waals surface area (Å²) >= 11 is 0. The number of benzene rings is 1. The van der Waals surface area contributed by atoms with Gasteiger partial charge in [-0.15, -0.1) is 0 Å². The molecular formula is C13H16N3O2P. The maximum Gasteiger partial charge on any atom is 0.331 e. The molecule has 100 valence electrons. The van der Waals surface area contributed by atoms with Gasteiger partial charge in [0.25, 0.3) is 0 Å². The quantitative estimate of drug-likeness (QED) is 0.796. The maximum absolute atomic E-state index is 11.7. The van der Waals surface area contributed by atoms with Gasteiger partial charge in [-0.3, -0.25) is 0 Å². The molecule has 1 aromatic carbocycles. The molecule has 6 heteroatoms. The molecule has 19 heavy (non-hydrogen) atoms. The molecule has 2 N–H and O–H groups in total. The Balaban J connectivity index is 1.80. The summed E-state index contributed by atoms with van der Waals surface area (Å²) in [6.45, 7) is 3.10. The number of aromatic nitrogens is 2. The van der Waals surface area contributed by atoms with Crippen LogP contribution < -0.4 is 10.9 Å². The third kappa shape index (κ3) is 4.38. The maximum atomic E-state index is 11.7. The van der Waals surface area contributed by atoms with Crippen molar-refractivity contribution in [3.8, 4) is 0 Å². The van der Waals surface area contributed by atoms with E-state index in [4.69, 9.17) is 4.74 Å². The Hall–Kier alpha value is -1.87. The summed E-state index contributed by atoms with van der Waals surface area (Å²) in [4.78, 5) is 18.8. The largest absolute Gasteiger partial charge is 0.458 e. The molecule has 1 aromatic heterocycles. The number of aromatic amines is 1. The van der Waals surface area contributed by atoms with Crippen molar-refractivity contribution in [3.63, 3.8) is 0 Å². The van der Waals surface area contributed by atoms with Crippen LogP contribution in [0.3, 0.4) is 0 Å². The highest BCUT2D eigenvalue weighted by molar-refractivity contribution is 7.64. The highest BCUT2D eigenvalue weighted by Crippen LogP contribution is 2.14. The van der Waals surface area contributed by atoms with E-state index in [-0.39, 0.29) is 14.3 Å². The van der Waals surface area contributed by atoms with Gasteiger partial charge in [-0.2, -0.15) is 0 Å². The lowest BCUT2D eigenvalue weighted by Crippen LogP contribution is -2.07. The van der Waals surface area contributed by atoms with Crippen molar-refractivity contribution < 1.29 is 9.53 Å². The molecule has 0 bridgehead atoms. The number of ether oxygens (including phenoxy) is 1. The Morgan fingerprint density at radius 2 is 2.21 bits per heavy atom. The first-order valence-corrected chi connectivity index (χ1v) is 7.04. The minimum Gasteiger partial charge on any atom is -0.458 e. The van der Waals surface area contributed by atoms with E-state index in [0.29, 0.717) is 12.2 Å². The summed E-state index contributed by atoms with van der Waals surface area (Å²) in [6, 6.07) is 9.61. The fraction of sp³-hybridized carbons (Fsp3) is 0.231. The van der Waals surface area contributed by atoms with E-state index in [1.807, 2.05) is 37.3 Å². The van der Waals surface area contributed by atoms with E-state index in [1.54, 1.807) is 6.20 Å². The molecule has 0 saturated heterocycles. The predicted octanol–water partition coefficient (Wildman–Crippen LogP) is 2.48. The Labute approximate surface area is 113 Å². The Bertz CT molecular complexity index is 528. The zero-order chi connectivity index (χ0) is 13.5. The summed E-state index contributed by atoms with van der Waals surface area (Å²) in [5, 5.41) is 3.09. The minimum absolute atomic E-state index is 0.113. The highest BCUT2D eigenvalue weighted by Gasteiger charge is 2.08. The first kappa shape index (κ1) is 13.6. The zero-order valence-corrected chi connectivity index (χ0v) is 11.6. The Morgan fingerprint density at radius 3 is 2.95 bits per heavy atom. The summed E-state index contributed by atoms with van der Waals surface area (Å²) in [5.41, 5.74) is 1.35. The molecule has 0 radical (unpaired) electrons. The molecule has 0 aliphatic rings. The van der Waals surface area contributed by atoms with Crippen LogP contribution >= 0.6 is 8.58 Å². The lowest BCUT2D eigenvalue weighted by atomic mass is 10.2. The number of hydrogen-bond acceptors (Lipinski definition) is 4. The Kier molecular flexibility index (Phi) is 4.93. The van der Waals surface area contributed by atoms with Crippen molar-refractivity contribution in [1.82, 2.24) is 9.97 Å². The zero-order valence-electron chi connectivity index (χ0n) is 10.6. The predicted molar refractivity (Wildman–Crippen MR) is 77.3 cm³/mol. The van der Waals surface area contributed by atoms with E-state index >= 15 is 0 Å². The van der Waals surface area contributed by atoms with E-state index in [0.717, 1.165) is 17.9 Å². The second-order valence-electron chi connectivity index (χ2n) is 3.86. The van der Waals surface area contributed by atoms with Crippen molar-refractivity contribution in [2.24, 2.45) is 0 Å². The summed E-state index contributed by atoms with van der Waals surface area (Å²) in [6.07, 6.45) is 1.68. The van der Waals surface area contributed by atoms with Crippen LogP contribution in [0.4, 0.5) is 10.6 Å². The van der Waals surface area contributed by atoms with Crippen LogP contribution in [0.25, 0.3) is 0 Å². The topological polar surface area (TPSA) is 67.0 Å². The molecule has 0 amide bonds. The molecule has 1 unspecified atom stereocenters. The third-order valence-corrected chi connectivity index (χ3v) is 3.22. The number of hydrogen-bond donors (Lipinski definition) is 2. The van der Waals surface area contributed by atoms with Crippen LogP contribution in [-0.4, -0.2) is 22.2 Å². The first-order chi connectivity index (χ1) is 9.28. The molecule has 1 atom stereocenters. The van der Waals surface area contributed by atoms with Gasteiger partial charge in [-0.1, -0.05) is 30.3 Å². The fourth-order valence-electron chi connectivity index (χ4n) is 1.52. The smallest absolute Gasteiger partial charge is 0.331 e. The monoisotopic (exact) mass is 277 g/mol. The molecule has 1 heterocycles. The van der Waals surface area contributed by atoms with E-state index < -0.39 is 0 Å². The van der Waals surface area contributed by atoms with Gasteiger partial charge >= 0.3 is 5.71 Å². The standard InChI is InChI=1S/C13H16N3O2P/c1-2-14-11-8-15-12(16-11)19-13(17)18-9-10-6-4-3-5-7-10/h3-8,14,19H,2,9H2,1H3,(H,15,16). The van der Waals surface area contributed by atoms with Gasteiger partial charge in [0.1, 0.15) is 18.0 Å². The van der Waals surface area contributed by atoms with Gasteiger partial charge in [0.15, 0.2) is 0 Å². The number of nitrogens with zero attached hydrogens (tertiary/aromatic N) is 1. The van der Waals surface area contributed by atoms with Crippen molar-refractivity contribution >= 4 is 25.7 Å². The van der Waals surface area contributed by atoms with Crippen LogP contribution in [0.1, 0.15) is 12.5 Å². The molecule has 0 saturated carbocycles. The SMILES string of the molecule is CCNc1cnc(PC(=O)OCc2ccccc2)[nH]1.